The number of nitrogens with one attached hydrogen (secondary N) is 1. The standard InChI is InChI=1S/C19H25N3O5/c20-17(23)16(19-5-10-1-11(6-19)3-12(2-10)7-19)27-15-4-14(21-18(24)22-15)26-13-8-25-9-13/h4,10-13,16H,1-3,5-9H2,(H2,20,23)(H,21,22,24). The van der Waals surface area contributed by atoms with E-state index in [1.807, 2.05) is 0 Å². The second kappa shape index (κ2) is 6.22. The van der Waals surface area contributed by atoms with Crippen LogP contribution in [0.15, 0.2) is 10.9 Å². The van der Waals surface area contributed by atoms with Crippen LogP contribution in [0.1, 0.15) is 38.5 Å². The predicted octanol–water partition coefficient (Wildman–Crippen LogP) is 0.997. The number of aromatic nitrogens is 2. The second-order valence-electron chi connectivity index (χ2n) is 8.85. The number of hydrogen-bond donors (Lipinski definition) is 2. The summed E-state index contributed by atoms with van der Waals surface area (Å²) in [7, 11) is 0. The minimum atomic E-state index is -0.746. The first-order valence-electron chi connectivity index (χ1n) is 9.81. The Labute approximate surface area is 156 Å². The van der Waals surface area contributed by atoms with Crippen molar-refractivity contribution in [3.63, 3.8) is 0 Å². The van der Waals surface area contributed by atoms with Gasteiger partial charge < -0.3 is 19.9 Å². The molecule has 4 aliphatic carbocycles. The maximum absolute atomic E-state index is 12.4. The van der Waals surface area contributed by atoms with Crippen molar-refractivity contribution in [3.05, 3.63) is 16.6 Å². The highest BCUT2D eigenvalue weighted by molar-refractivity contribution is 5.80. The molecule has 0 radical (unpaired) electrons. The number of hydrogen-bond acceptors (Lipinski definition) is 6. The van der Waals surface area contributed by atoms with Gasteiger partial charge in [0.25, 0.3) is 5.91 Å². The molecule has 3 N–H and O–H groups in total. The number of carbonyl (C=O) groups is 1. The number of nitrogens with two attached hydrogens (primary N) is 1. The molecule has 4 saturated carbocycles. The molecule has 2 heterocycles. The maximum Gasteiger partial charge on any atom is 0.351 e. The fourth-order valence-corrected chi connectivity index (χ4v) is 6.10. The summed E-state index contributed by atoms with van der Waals surface area (Å²) in [5.41, 5.74) is 4.98. The number of carbonyl (C=O) groups excluding carboxylic acids is 1. The Bertz CT molecular complexity index is 767. The van der Waals surface area contributed by atoms with Gasteiger partial charge in [0.15, 0.2) is 6.10 Å². The molecule has 146 valence electrons. The minimum absolute atomic E-state index is 0.109. The normalized spacial score (nSPS) is 35.5. The summed E-state index contributed by atoms with van der Waals surface area (Å²) < 4.78 is 16.7. The smallest absolute Gasteiger partial charge is 0.351 e. The SMILES string of the molecule is NC(=O)C(Oc1cc(OC2COC2)nc(=O)[nH]1)C12CC3CC(CC(C3)C1)C2. The predicted molar refractivity (Wildman–Crippen MR) is 94.3 cm³/mol. The third-order valence-electron chi connectivity index (χ3n) is 6.74. The number of rotatable bonds is 6. The zero-order valence-electron chi connectivity index (χ0n) is 15.2. The average molecular weight is 375 g/mol. The first-order chi connectivity index (χ1) is 13.0. The Morgan fingerprint density at radius 3 is 2.37 bits per heavy atom. The molecule has 1 amide bonds. The minimum Gasteiger partial charge on any atom is -0.469 e. The van der Waals surface area contributed by atoms with Crippen molar-refractivity contribution in [2.24, 2.45) is 28.9 Å². The fraction of sp³-hybridized carbons (Fsp3) is 0.737. The molecule has 1 aliphatic heterocycles. The molecule has 1 saturated heterocycles. The Morgan fingerprint density at radius 1 is 1.22 bits per heavy atom. The Morgan fingerprint density at radius 2 is 1.85 bits per heavy atom. The lowest BCUT2D eigenvalue weighted by molar-refractivity contribution is -0.148. The summed E-state index contributed by atoms with van der Waals surface area (Å²) in [5.74, 6) is 1.88. The first-order valence-corrected chi connectivity index (χ1v) is 9.81. The summed E-state index contributed by atoms with van der Waals surface area (Å²) in [4.78, 5) is 30.7. The molecule has 5 fully saturated rings. The van der Waals surface area contributed by atoms with Crippen LogP contribution in [-0.2, 0) is 9.53 Å². The molecule has 27 heavy (non-hydrogen) atoms. The van der Waals surface area contributed by atoms with E-state index < -0.39 is 17.7 Å². The third-order valence-corrected chi connectivity index (χ3v) is 6.74. The molecule has 0 aromatic carbocycles. The highest BCUT2D eigenvalue weighted by atomic mass is 16.6. The van der Waals surface area contributed by atoms with E-state index in [4.69, 9.17) is 19.9 Å². The lowest BCUT2D eigenvalue weighted by Crippen LogP contribution is -2.57. The largest absolute Gasteiger partial charge is 0.469 e. The number of nitrogens with zero attached hydrogens (tertiary/aromatic N) is 1. The van der Waals surface area contributed by atoms with Crippen molar-refractivity contribution in [1.29, 1.82) is 0 Å². The van der Waals surface area contributed by atoms with Crippen LogP contribution in [-0.4, -0.2) is 41.3 Å². The van der Waals surface area contributed by atoms with Gasteiger partial charge in [0.2, 0.25) is 11.8 Å². The van der Waals surface area contributed by atoms with Gasteiger partial charge in [-0.05, 0) is 56.3 Å². The van der Waals surface area contributed by atoms with Gasteiger partial charge in [-0.15, -0.1) is 0 Å². The van der Waals surface area contributed by atoms with E-state index >= 15 is 0 Å². The van der Waals surface area contributed by atoms with Crippen molar-refractivity contribution in [2.45, 2.75) is 50.7 Å². The van der Waals surface area contributed by atoms with E-state index in [1.165, 1.54) is 25.3 Å². The zero-order valence-corrected chi connectivity index (χ0v) is 15.2. The fourth-order valence-electron chi connectivity index (χ4n) is 6.10. The van der Waals surface area contributed by atoms with E-state index in [1.54, 1.807) is 0 Å². The summed E-state index contributed by atoms with van der Waals surface area (Å²) in [5, 5.41) is 0. The van der Waals surface area contributed by atoms with Crippen molar-refractivity contribution in [1.82, 2.24) is 9.97 Å². The molecule has 1 unspecified atom stereocenters. The van der Waals surface area contributed by atoms with E-state index in [0.29, 0.717) is 31.0 Å². The summed E-state index contributed by atoms with van der Waals surface area (Å²) in [6.45, 7) is 0.948. The Kier molecular flexibility index (Phi) is 3.93. The molecule has 1 aromatic rings. The molecule has 0 spiro atoms. The number of H-pyrrole nitrogens is 1. The number of amides is 1. The summed E-state index contributed by atoms with van der Waals surface area (Å²) in [6.07, 6.45) is 5.86. The second-order valence-corrected chi connectivity index (χ2v) is 8.85. The van der Waals surface area contributed by atoms with Gasteiger partial charge in [-0.1, -0.05) is 0 Å². The maximum atomic E-state index is 12.4. The van der Waals surface area contributed by atoms with Crippen molar-refractivity contribution in [3.8, 4) is 11.8 Å². The Hall–Kier alpha value is -2.09. The van der Waals surface area contributed by atoms with E-state index in [-0.39, 0.29) is 23.3 Å². The van der Waals surface area contributed by atoms with Crippen LogP contribution < -0.4 is 20.9 Å². The molecule has 8 nitrogen and oxygen atoms in total. The average Bonchev–Trinajstić information content (AvgIpc) is 2.54. The zero-order chi connectivity index (χ0) is 18.6. The summed E-state index contributed by atoms with van der Waals surface area (Å²) >= 11 is 0. The molecule has 8 heteroatoms. The van der Waals surface area contributed by atoms with Gasteiger partial charge >= 0.3 is 5.69 Å². The van der Waals surface area contributed by atoms with Gasteiger partial charge in [0, 0.05) is 5.41 Å². The lowest BCUT2D eigenvalue weighted by Gasteiger charge is -2.58. The highest BCUT2D eigenvalue weighted by Gasteiger charge is 2.56. The quantitative estimate of drug-likeness (QED) is 0.766. The first kappa shape index (κ1) is 17.0. The molecular formula is C19H25N3O5. The van der Waals surface area contributed by atoms with Crippen molar-refractivity contribution in [2.75, 3.05) is 13.2 Å². The molecule has 4 bridgehead atoms. The molecule has 5 aliphatic rings. The highest BCUT2D eigenvalue weighted by Crippen LogP contribution is 2.61. The van der Waals surface area contributed by atoms with Gasteiger partial charge in [0.05, 0.1) is 19.3 Å². The van der Waals surface area contributed by atoms with Crippen LogP contribution in [0.4, 0.5) is 0 Å². The summed E-state index contributed by atoms with van der Waals surface area (Å²) in [6, 6.07) is 1.52. The molecule has 1 atom stereocenters. The monoisotopic (exact) mass is 375 g/mol. The van der Waals surface area contributed by atoms with Gasteiger partial charge in [-0.3, -0.25) is 9.78 Å². The van der Waals surface area contributed by atoms with Crippen LogP contribution in [0, 0.1) is 23.2 Å². The van der Waals surface area contributed by atoms with Gasteiger partial charge in [-0.25, -0.2) is 4.79 Å². The third kappa shape index (κ3) is 3.09. The van der Waals surface area contributed by atoms with Gasteiger partial charge in [-0.2, -0.15) is 4.98 Å². The number of ether oxygens (including phenoxy) is 3. The number of aromatic amines is 1. The molecule has 6 rings (SSSR count). The van der Waals surface area contributed by atoms with E-state index in [0.717, 1.165) is 19.3 Å². The van der Waals surface area contributed by atoms with Crippen LogP contribution >= 0.6 is 0 Å². The molecular weight excluding hydrogens is 350 g/mol. The Balaban J connectivity index is 1.40. The van der Waals surface area contributed by atoms with Gasteiger partial charge in [0.1, 0.15) is 6.10 Å². The number of primary amides is 1. The van der Waals surface area contributed by atoms with Crippen LogP contribution in [0.2, 0.25) is 0 Å². The van der Waals surface area contributed by atoms with Crippen molar-refractivity contribution < 1.29 is 19.0 Å². The van der Waals surface area contributed by atoms with Crippen LogP contribution in [0.25, 0.3) is 0 Å². The topological polar surface area (TPSA) is 117 Å². The lowest BCUT2D eigenvalue weighted by atomic mass is 9.48. The molecule has 1 aromatic heterocycles. The van der Waals surface area contributed by atoms with E-state index in [9.17, 15) is 9.59 Å². The van der Waals surface area contributed by atoms with E-state index in [2.05, 4.69) is 9.97 Å². The van der Waals surface area contributed by atoms with Crippen LogP contribution in [0.3, 0.4) is 0 Å². The van der Waals surface area contributed by atoms with Crippen LogP contribution in [0.5, 0.6) is 11.8 Å². The van der Waals surface area contributed by atoms with Crippen molar-refractivity contribution >= 4 is 5.91 Å².